The molecule has 0 unspecified atom stereocenters. The lowest BCUT2D eigenvalue weighted by Crippen LogP contribution is -2.34. The molecular formula is C28H28F6NO3. The zero-order chi connectivity index (χ0) is 27.8. The van der Waals surface area contributed by atoms with E-state index in [9.17, 15) is 31.1 Å². The van der Waals surface area contributed by atoms with Crippen LogP contribution in [0, 0.1) is 6.42 Å². The molecule has 205 valence electrons. The van der Waals surface area contributed by atoms with Crippen molar-refractivity contribution in [3.05, 3.63) is 76.2 Å². The number of allylic oxidation sites excluding steroid dienone is 1. The number of carbonyl (C=O) groups excluding carboxylic acids is 1. The Morgan fingerprint density at radius 1 is 1.00 bits per heavy atom. The van der Waals surface area contributed by atoms with Gasteiger partial charge in [-0.3, -0.25) is 4.90 Å². The molecule has 0 N–H and O–H groups in total. The summed E-state index contributed by atoms with van der Waals surface area (Å²) in [5.74, 6) is 0.684. The van der Waals surface area contributed by atoms with Crippen LogP contribution in [0.15, 0.2) is 42.0 Å². The summed E-state index contributed by atoms with van der Waals surface area (Å²) in [6, 6.07) is 6.33. The van der Waals surface area contributed by atoms with Gasteiger partial charge in [0.2, 0.25) is 0 Å². The van der Waals surface area contributed by atoms with Gasteiger partial charge in [-0.05, 0) is 91.6 Å². The number of methoxy groups -OCH3 is 1. The molecule has 38 heavy (non-hydrogen) atoms. The van der Waals surface area contributed by atoms with Crippen molar-refractivity contribution in [1.29, 1.82) is 0 Å². The minimum atomic E-state index is -4.99. The summed E-state index contributed by atoms with van der Waals surface area (Å²) in [5.41, 5.74) is 0.661. The number of rotatable bonds is 6. The van der Waals surface area contributed by atoms with E-state index in [0.29, 0.717) is 24.3 Å². The number of carbonyl (C=O) groups is 1. The Kier molecular flexibility index (Phi) is 7.72. The highest BCUT2D eigenvalue weighted by Crippen LogP contribution is 2.43. The van der Waals surface area contributed by atoms with Gasteiger partial charge in [-0.2, -0.15) is 26.3 Å². The number of alkyl halides is 6. The van der Waals surface area contributed by atoms with Crippen LogP contribution in [0.2, 0.25) is 0 Å². The lowest BCUT2D eigenvalue weighted by molar-refractivity contribution is -0.143. The van der Waals surface area contributed by atoms with E-state index in [2.05, 4.69) is 0 Å². The van der Waals surface area contributed by atoms with Gasteiger partial charge < -0.3 is 9.47 Å². The highest BCUT2D eigenvalue weighted by atomic mass is 19.4. The van der Waals surface area contributed by atoms with Crippen LogP contribution in [0.3, 0.4) is 0 Å². The summed E-state index contributed by atoms with van der Waals surface area (Å²) in [7, 11) is 1.58. The Labute approximate surface area is 217 Å². The number of hydrogen-bond donors (Lipinski definition) is 0. The van der Waals surface area contributed by atoms with Crippen molar-refractivity contribution in [2.75, 3.05) is 13.7 Å². The van der Waals surface area contributed by atoms with E-state index in [1.807, 2.05) is 31.5 Å². The standard InChI is InChI=1S/C28H28F6NO3/c1-4-17-9-10-24(37-3)23(11-17)22-8-6-5-7-18(22)15-35-16(2)25(38-26(35)36)19-12-20(27(29,30)31)14-21(13-19)28(32,33)34/h4,9-14,16,25H,5-8,15H2,1-3H3/t16-,25-/m0/s1. The van der Waals surface area contributed by atoms with Crippen LogP contribution in [-0.4, -0.2) is 30.7 Å². The molecule has 1 fully saturated rings. The number of hydrogen-bond acceptors (Lipinski definition) is 3. The predicted molar refractivity (Wildman–Crippen MR) is 129 cm³/mol. The molecule has 2 atom stereocenters. The van der Waals surface area contributed by atoms with E-state index >= 15 is 0 Å². The first kappa shape index (κ1) is 27.9. The fraction of sp³-hybridized carbons (Fsp3) is 0.429. The summed E-state index contributed by atoms with van der Waals surface area (Å²) < 4.78 is 91.3. The van der Waals surface area contributed by atoms with E-state index in [4.69, 9.17) is 9.47 Å². The predicted octanol–water partition coefficient (Wildman–Crippen LogP) is 8.21. The van der Waals surface area contributed by atoms with Crippen molar-refractivity contribution >= 4 is 11.7 Å². The lowest BCUT2D eigenvalue weighted by Gasteiger charge is -2.28. The van der Waals surface area contributed by atoms with Gasteiger partial charge in [-0.25, -0.2) is 4.79 Å². The summed E-state index contributed by atoms with van der Waals surface area (Å²) in [5, 5.41) is 0. The van der Waals surface area contributed by atoms with Crippen LogP contribution in [0.4, 0.5) is 31.1 Å². The zero-order valence-corrected chi connectivity index (χ0v) is 21.2. The van der Waals surface area contributed by atoms with Crippen LogP contribution < -0.4 is 4.74 Å². The quantitative estimate of drug-likeness (QED) is 0.347. The van der Waals surface area contributed by atoms with E-state index < -0.39 is 41.7 Å². The Morgan fingerprint density at radius 2 is 1.63 bits per heavy atom. The normalized spacial score (nSPS) is 20.7. The maximum absolute atomic E-state index is 13.4. The molecule has 0 aromatic heterocycles. The highest BCUT2D eigenvalue weighted by Gasteiger charge is 2.43. The average molecular weight is 541 g/mol. The molecular weight excluding hydrogens is 512 g/mol. The number of benzene rings is 2. The monoisotopic (exact) mass is 540 g/mol. The minimum Gasteiger partial charge on any atom is -0.496 e. The van der Waals surface area contributed by atoms with Gasteiger partial charge in [0.25, 0.3) is 0 Å². The third kappa shape index (κ3) is 5.63. The molecule has 2 aromatic carbocycles. The van der Waals surface area contributed by atoms with Crippen LogP contribution in [-0.2, 0) is 17.1 Å². The molecule has 1 radical (unpaired) electrons. The molecule has 4 nitrogen and oxygen atoms in total. The van der Waals surface area contributed by atoms with Gasteiger partial charge in [0.1, 0.15) is 11.9 Å². The summed E-state index contributed by atoms with van der Waals surface area (Å²) in [6.45, 7) is 3.64. The van der Waals surface area contributed by atoms with Crippen molar-refractivity contribution < 1.29 is 40.6 Å². The summed E-state index contributed by atoms with van der Waals surface area (Å²) in [4.78, 5) is 14.3. The van der Waals surface area contributed by atoms with Crippen LogP contribution in [0.1, 0.15) is 73.5 Å². The van der Waals surface area contributed by atoms with Gasteiger partial charge in [0, 0.05) is 12.1 Å². The summed E-state index contributed by atoms with van der Waals surface area (Å²) in [6.07, 6.45) is -6.82. The molecule has 1 amide bonds. The molecule has 1 heterocycles. The second-order valence-electron chi connectivity index (χ2n) is 9.55. The smallest absolute Gasteiger partial charge is 0.416 e. The fourth-order valence-electron chi connectivity index (χ4n) is 5.12. The number of cyclic esters (lactones) is 1. The van der Waals surface area contributed by atoms with Crippen molar-refractivity contribution in [1.82, 2.24) is 4.90 Å². The van der Waals surface area contributed by atoms with E-state index in [1.54, 1.807) is 14.0 Å². The number of nitrogens with zero attached hydrogens (tertiary/aromatic N) is 1. The molecule has 10 heteroatoms. The van der Waals surface area contributed by atoms with Gasteiger partial charge >= 0.3 is 18.4 Å². The molecule has 0 bridgehead atoms. The maximum Gasteiger partial charge on any atom is 0.416 e. The minimum absolute atomic E-state index is 0.0665. The Hall–Kier alpha value is -3.17. The van der Waals surface area contributed by atoms with Gasteiger partial charge in [-0.15, -0.1) is 0 Å². The molecule has 4 rings (SSSR count). The maximum atomic E-state index is 13.4. The molecule has 1 aliphatic carbocycles. The molecule has 0 spiro atoms. The van der Waals surface area contributed by atoms with Crippen molar-refractivity contribution in [3.8, 4) is 5.75 Å². The lowest BCUT2D eigenvalue weighted by atomic mass is 9.85. The summed E-state index contributed by atoms with van der Waals surface area (Å²) >= 11 is 0. The fourth-order valence-corrected chi connectivity index (χ4v) is 5.12. The molecule has 1 aliphatic heterocycles. The van der Waals surface area contributed by atoms with E-state index in [0.717, 1.165) is 41.5 Å². The third-order valence-electron chi connectivity index (χ3n) is 7.16. The Bertz CT molecular complexity index is 1200. The Morgan fingerprint density at radius 3 is 2.21 bits per heavy atom. The second-order valence-corrected chi connectivity index (χ2v) is 9.55. The van der Waals surface area contributed by atoms with Gasteiger partial charge in [0.05, 0.1) is 24.3 Å². The van der Waals surface area contributed by atoms with Gasteiger partial charge in [0.15, 0.2) is 0 Å². The van der Waals surface area contributed by atoms with Crippen molar-refractivity contribution in [2.45, 2.75) is 64.0 Å². The van der Waals surface area contributed by atoms with Crippen LogP contribution in [0.5, 0.6) is 5.75 Å². The SMILES string of the molecule is C[CH]c1ccc(OC)c(C2=C(CN3C(=O)O[C@H](c4cc(C(F)(F)F)cc(C(F)(F)F)c4)[C@@H]3C)CCCC2)c1. The molecule has 2 aromatic rings. The Balaban J connectivity index is 1.69. The van der Waals surface area contributed by atoms with Crippen LogP contribution >= 0.6 is 0 Å². The van der Waals surface area contributed by atoms with Crippen molar-refractivity contribution in [2.24, 2.45) is 0 Å². The largest absolute Gasteiger partial charge is 0.496 e. The second kappa shape index (κ2) is 10.5. The number of halogens is 6. The van der Waals surface area contributed by atoms with E-state index in [1.165, 1.54) is 4.90 Å². The van der Waals surface area contributed by atoms with Crippen molar-refractivity contribution in [3.63, 3.8) is 0 Å². The average Bonchev–Trinajstić information content (AvgIpc) is 3.15. The molecule has 0 saturated carbocycles. The highest BCUT2D eigenvalue weighted by molar-refractivity contribution is 5.77. The van der Waals surface area contributed by atoms with Crippen LogP contribution in [0.25, 0.3) is 5.57 Å². The number of ether oxygens (including phenoxy) is 2. The zero-order valence-electron chi connectivity index (χ0n) is 21.2. The number of amides is 1. The first-order valence-corrected chi connectivity index (χ1v) is 12.3. The topological polar surface area (TPSA) is 38.8 Å². The molecule has 1 saturated heterocycles. The first-order chi connectivity index (χ1) is 17.8. The first-order valence-electron chi connectivity index (χ1n) is 12.3. The molecule has 2 aliphatic rings. The van der Waals surface area contributed by atoms with E-state index in [-0.39, 0.29) is 18.2 Å². The van der Waals surface area contributed by atoms with Gasteiger partial charge in [-0.1, -0.05) is 13.0 Å². The third-order valence-corrected chi connectivity index (χ3v) is 7.16.